The molecule has 0 aliphatic carbocycles. The summed E-state index contributed by atoms with van der Waals surface area (Å²) in [5.41, 5.74) is 0.782. The Balaban J connectivity index is 1.54. The third kappa shape index (κ3) is 4.24. The largest absolute Gasteiger partial charge is 0.486 e. The molecule has 1 aromatic carbocycles. The Hall–Kier alpha value is -2.12. The molecule has 2 aromatic rings. The second kappa shape index (κ2) is 7.63. The number of carbonyl (C=O) groups is 2. The van der Waals surface area contributed by atoms with E-state index in [0.29, 0.717) is 29.6 Å². The van der Waals surface area contributed by atoms with Crippen LogP contribution in [0, 0.1) is 0 Å². The first-order valence-corrected chi connectivity index (χ1v) is 8.76. The number of ketones is 1. The average molecular weight is 409 g/mol. The topological polar surface area (TPSA) is 61.8 Å². The van der Waals surface area contributed by atoms with Crippen LogP contribution in [0.4, 0.5) is 0 Å². The number of ether oxygens (including phenoxy) is 3. The summed E-state index contributed by atoms with van der Waals surface area (Å²) in [4.78, 5) is 24.1. The summed E-state index contributed by atoms with van der Waals surface area (Å²) in [5.74, 6) is 0.532. The van der Waals surface area contributed by atoms with E-state index in [-0.39, 0.29) is 12.4 Å². The normalized spacial score (nSPS) is 13.0. The quantitative estimate of drug-likeness (QED) is 0.428. The molecule has 0 radical (unpaired) electrons. The van der Waals surface area contributed by atoms with E-state index in [1.165, 1.54) is 17.4 Å². The Morgan fingerprint density at radius 1 is 1.17 bits per heavy atom. The molecule has 0 N–H and O–H groups in total. The number of carbonyl (C=O) groups excluding carboxylic acids is 2. The molecule has 0 atom stereocenters. The van der Waals surface area contributed by atoms with Crippen LogP contribution in [0.15, 0.2) is 40.2 Å². The highest BCUT2D eigenvalue weighted by Gasteiger charge is 2.12. The lowest BCUT2D eigenvalue weighted by Gasteiger charge is -2.18. The molecule has 0 unspecified atom stereocenters. The number of esters is 1. The standard InChI is InChI=1S/C17H13BrO5S/c18-16-5-4-15(24-16)12(19)10-23-17(20)6-2-11-1-3-13-14(9-11)22-8-7-21-13/h1-6,9H,7-8,10H2/b6-2+. The minimum atomic E-state index is -0.575. The van der Waals surface area contributed by atoms with E-state index in [1.54, 1.807) is 30.3 Å². The van der Waals surface area contributed by atoms with Gasteiger partial charge in [-0.1, -0.05) is 6.07 Å². The van der Waals surface area contributed by atoms with E-state index in [4.69, 9.17) is 14.2 Å². The van der Waals surface area contributed by atoms with E-state index in [9.17, 15) is 9.59 Å². The maximum Gasteiger partial charge on any atom is 0.331 e. The molecule has 0 spiro atoms. The van der Waals surface area contributed by atoms with Crippen LogP contribution in [0.1, 0.15) is 15.2 Å². The van der Waals surface area contributed by atoms with Crippen molar-refractivity contribution in [3.05, 3.63) is 50.6 Å². The van der Waals surface area contributed by atoms with Gasteiger partial charge in [-0.3, -0.25) is 4.79 Å². The van der Waals surface area contributed by atoms with Gasteiger partial charge in [0.15, 0.2) is 18.1 Å². The first kappa shape index (κ1) is 16.7. The molecular weight excluding hydrogens is 396 g/mol. The predicted octanol–water partition coefficient (Wildman–Crippen LogP) is 3.72. The monoisotopic (exact) mass is 408 g/mol. The van der Waals surface area contributed by atoms with Crippen molar-refractivity contribution >= 4 is 45.1 Å². The van der Waals surface area contributed by atoms with Crippen LogP contribution in [0.2, 0.25) is 0 Å². The Kier molecular flexibility index (Phi) is 5.32. The second-order valence-electron chi connectivity index (χ2n) is 4.87. The van der Waals surface area contributed by atoms with Crippen LogP contribution in [-0.2, 0) is 9.53 Å². The molecule has 0 fully saturated rings. The van der Waals surface area contributed by atoms with E-state index < -0.39 is 5.97 Å². The van der Waals surface area contributed by atoms with E-state index >= 15 is 0 Å². The van der Waals surface area contributed by atoms with Crippen molar-refractivity contribution in [2.45, 2.75) is 0 Å². The molecule has 1 aliphatic rings. The fourth-order valence-corrected chi connectivity index (χ4v) is 3.36. The van der Waals surface area contributed by atoms with Gasteiger partial charge < -0.3 is 14.2 Å². The lowest BCUT2D eigenvalue weighted by Crippen LogP contribution is -2.15. The molecular formula is C17H13BrO5S. The highest BCUT2D eigenvalue weighted by Crippen LogP contribution is 2.31. The molecule has 5 nitrogen and oxygen atoms in total. The summed E-state index contributed by atoms with van der Waals surface area (Å²) >= 11 is 4.59. The van der Waals surface area contributed by atoms with Crippen molar-refractivity contribution in [3.63, 3.8) is 0 Å². The van der Waals surface area contributed by atoms with E-state index in [0.717, 1.165) is 9.35 Å². The fourth-order valence-electron chi connectivity index (χ4n) is 2.05. The maximum atomic E-state index is 11.9. The number of hydrogen-bond acceptors (Lipinski definition) is 6. The van der Waals surface area contributed by atoms with Crippen LogP contribution >= 0.6 is 27.3 Å². The van der Waals surface area contributed by atoms with Gasteiger partial charge in [0.2, 0.25) is 5.78 Å². The molecule has 0 amide bonds. The van der Waals surface area contributed by atoms with Crippen LogP contribution in [-0.4, -0.2) is 31.6 Å². The van der Waals surface area contributed by atoms with Crippen molar-refractivity contribution in [1.82, 2.24) is 0 Å². The van der Waals surface area contributed by atoms with Gasteiger partial charge in [-0.15, -0.1) is 11.3 Å². The Labute approximate surface area is 151 Å². The maximum absolute atomic E-state index is 11.9. The van der Waals surface area contributed by atoms with Crippen molar-refractivity contribution in [3.8, 4) is 11.5 Å². The number of Topliss-reactive ketones (excluding diaryl/α,β-unsaturated/α-hetero) is 1. The highest BCUT2D eigenvalue weighted by atomic mass is 79.9. The first-order chi connectivity index (χ1) is 11.6. The van der Waals surface area contributed by atoms with Crippen LogP contribution in [0.3, 0.4) is 0 Å². The van der Waals surface area contributed by atoms with Crippen molar-refractivity contribution < 1.29 is 23.8 Å². The van der Waals surface area contributed by atoms with Gasteiger partial charge >= 0.3 is 5.97 Å². The average Bonchev–Trinajstić information content (AvgIpc) is 3.04. The molecule has 24 heavy (non-hydrogen) atoms. The van der Waals surface area contributed by atoms with Crippen LogP contribution in [0.25, 0.3) is 6.08 Å². The van der Waals surface area contributed by atoms with Crippen LogP contribution < -0.4 is 9.47 Å². The van der Waals surface area contributed by atoms with Gasteiger partial charge in [0, 0.05) is 6.08 Å². The number of halogens is 1. The van der Waals surface area contributed by atoms with Crippen LogP contribution in [0.5, 0.6) is 11.5 Å². The third-order valence-corrected chi connectivity index (χ3v) is 4.84. The van der Waals surface area contributed by atoms with Gasteiger partial charge in [0.25, 0.3) is 0 Å². The Bertz CT molecular complexity index is 796. The minimum absolute atomic E-state index is 0.230. The summed E-state index contributed by atoms with van der Waals surface area (Å²) in [6, 6.07) is 8.85. The molecule has 0 saturated heterocycles. The molecule has 3 rings (SSSR count). The zero-order valence-electron chi connectivity index (χ0n) is 12.5. The molecule has 124 valence electrons. The smallest absolute Gasteiger partial charge is 0.331 e. The number of rotatable bonds is 5. The molecule has 1 aliphatic heterocycles. The molecule has 7 heteroatoms. The third-order valence-electron chi connectivity index (χ3n) is 3.17. The van der Waals surface area contributed by atoms with E-state index in [1.807, 2.05) is 6.07 Å². The summed E-state index contributed by atoms with van der Waals surface area (Å²) in [5, 5.41) is 0. The van der Waals surface area contributed by atoms with Gasteiger partial charge in [-0.2, -0.15) is 0 Å². The van der Waals surface area contributed by atoms with Crippen molar-refractivity contribution in [2.24, 2.45) is 0 Å². The zero-order valence-corrected chi connectivity index (χ0v) is 14.9. The lowest BCUT2D eigenvalue weighted by molar-refractivity contribution is -0.136. The summed E-state index contributed by atoms with van der Waals surface area (Å²) in [6.45, 7) is 0.754. The van der Waals surface area contributed by atoms with Crippen molar-refractivity contribution in [1.29, 1.82) is 0 Å². The Morgan fingerprint density at radius 2 is 1.96 bits per heavy atom. The molecule has 0 bridgehead atoms. The minimum Gasteiger partial charge on any atom is -0.486 e. The summed E-state index contributed by atoms with van der Waals surface area (Å²) in [6.07, 6.45) is 2.88. The fraction of sp³-hybridized carbons (Fsp3) is 0.176. The lowest BCUT2D eigenvalue weighted by atomic mass is 10.2. The van der Waals surface area contributed by atoms with E-state index in [2.05, 4.69) is 15.9 Å². The second-order valence-corrected chi connectivity index (χ2v) is 7.33. The number of thiophene rings is 1. The molecule has 0 saturated carbocycles. The molecule has 1 aromatic heterocycles. The zero-order chi connectivity index (χ0) is 16.9. The number of fused-ring (bicyclic) bond motifs is 1. The predicted molar refractivity (Wildman–Crippen MR) is 93.8 cm³/mol. The first-order valence-electron chi connectivity index (χ1n) is 7.15. The van der Waals surface area contributed by atoms with Gasteiger partial charge in [-0.25, -0.2) is 4.79 Å². The molecule has 2 heterocycles. The SMILES string of the molecule is O=C(/C=C/c1ccc2c(c1)OCCO2)OCC(=O)c1ccc(Br)s1. The number of hydrogen-bond donors (Lipinski definition) is 0. The van der Waals surface area contributed by atoms with Gasteiger partial charge in [0.05, 0.1) is 8.66 Å². The van der Waals surface area contributed by atoms with Gasteiger partial charge in [0.1, 0.15) is 13.2 Å². The highest BCUT2D eigenvalue weighted by molar-refractivity contribution is 9.11. The number of benzene rings is 1. The van der Waals surface area contributed by atoms with Gasteiger partial charge in [-0.05, 0) is 51.8 Å². The van der Waals surface area contributed by atoms with Crippen molar-refractivity contribution in [2.75, 3.05) is 19.8 Å². The summed E-state index contributed by atoms with van der Waals surface area (Å²) < 4.78 is 16.7. The summed E-state index contributed by atoms with van der Waals surface area (Å²) in [7, 11) is 0. The Morgan fingerprint density at radius 3 is 2.71 bits per heavy atom.